The van der Waals surface area contributed by atoms with E-state index in [1.807, 2.05) is 42.3 Å². The number of halogens is 3. The van der Waals surface area contributed by atoms with Gasteiger partial charge in [-0.15, -0.1) is 11.3 Å². The first-order chi connectivity index (χ1) is 15.6. The number of likely N-dealkylation sites (N-methyl/N-ethyl adjacent to an activating group) is 1. The van der Waals surface area contributed by atoms with Crippen LogP contribution in [0, 0.1) is 6.92 Å². The first-order valence-corrected chi connectivity index (χ1v) is 11.3. The van der Waals surface area contributed by atoms with E-state index in [1.165, 1.54) is 12.3 Å². The van der Waals surface area contributed by atoms with Gasteiger partial charge in [-0.05, 0) is 49.7 Å². The summed E-state index contributed by atoms with van der Waals surface area (Å²) in [6.07, 6.45) is -3.10. The number of nitrogens with one attached hydrogen (secondary N) is 1. The van der Waals surface area contributed by atoms with Crippen molar-refractivity contribution in [2.24, 2.45) is 0 Å². The summed E-state index contributed by atoms with van der Waals surface area (Å²) in [5.41, 5.74) is 1.14. The maximum Gasteiger partial charge on any atom is 0.416 e. The standard InChI is InChI=1S/C23H27F3N4O2S/c1-16-7-10-33-20(16)13-30(12-17-5-4-6-18(11-17)23(24,25)26)14-21-28-19(15-32-21)22(31)27-8-9-29(2)3/h4-7,10-11,15H,8-9,12-14H2,1-3H3,(H,27,31). The molecule has 0 aliphatic heterocycles. The zero-order valence-corrected chi connectivity index (χ0v) is 19.6. The molecule has 3 rings (SSSR count). The number of hydrogen-bond acceptors (Lipinski definition) is 6. The number of carbonyl (C=O) groups is 1. The van der Waals surface area contributed by atoms with Crippen LogP contribution in [0.15, 0.2) is 46.4 Å². The summed E-state index contributed by atoms with van der Waals surface area (Å²) in [6, 6.07) is 7.31. The van der Waals surface area contributed by atoms with Crippen LogP contribution in [0.25, 0.3) is 0 Å². The number of aromatic nitrogens is 1. The second kappa shape index (κ2) is 11.0. The minimum atomic E-state index is -4.40. The van der Waals surface area contributed by atoms with Gasteiger partial charge in [0.2, 0.25) is 5.89 Å². The Bertz CT molecular complexity index is 1060. The van der Waals surface area contributed by atoms with E-state index in [4.69, 9.17) is 4.42 Å². The Morgan fingerprint density at radius 2 is 1.97 bits per heavy atom. The quantitative estimate of drug-likeness (QED) is 0.461. The lowest BCUT2D eigenvalue weighted by atomic mass is 10.1. The average Bonchev–Trinajstić information content (AvgIpc) is 3.36. The highest BCUT2D eigenvalue weighted by Crippen LogP contribution is 2.30. The van der Waals surface area contributed by atoms with Crippen LogP contribution in [0.3, 0.4) is 0 Å². The van der Waals surface area contributed by atoms with Gasteiger partial charge < -0.3 is 14.6 Å². The van der Waals surface area contributed by atoms with Gasteiger partial charge in [0.05, 0.1) is 12.1 Å². The molecule has 1 aromatic carbocycles. The molecule has 0 fully saturated rings. The molecule has 0 spiro atoms. The van der Waals surface area contributed by atoms with Gasteiger partial charge in [-0.2, -0.15) is 13.2 Å². The van der Waals surface area contributed by atoms with Crippen LogP contribution in [0.2, 0.25) is 0 Å². The van der Waals surface area contributed by atoms with Crippen LogP contribution < -0.4 is 5.32 Å². The highest BCUT2D eigenvalue weighted by atomic mass is 32.1. The Hall–Kier alpha value is -2.69. The van der Waals surface area contributed by atoms with E-state index in [-0.39, 0.29) is 24.7 Å². The zero-order chi connectivity index (χ0) is 24.0. The molecule has 33 heavy (non-hydrogen) atoms. The van der Waals surface area contributed by atoms with E-state index in [1.54, 1.807) is 17.4 Å². The van der Waals surface area contributed by atoms with E-state index >= 15 is 0 Å². The molecule has 1 amide bonds. The molecular weight excluding hydrogens is 453 g/mol. The molecule has 0 radical (unpaired) electrons. The molecule has 2 heterocycles. The van der Waals surface area contributed by atoms with Crippen LogP contribution in [-0.4, -0.2) is 47.9 Å². The smallest absolute Gasteiger partial charge is 0.416 e. The minimum Gasteiger partial charge on any atom is -0.447 e. The van der Waals surface area contributed by atoms with Gasteiger partial charge >= 0.3 is 6.18 Å². The predicted molar refractivity (Wildman–Crippen MR) is 121 cm³/mol. The van der Waals surface area contributed by atoms with Crippen LogP contribution in [-0.2, 0) is 25.8 Å². The summed E-state index contributed by atoms with van der Waals surface area (Å²) in [5.74, 6) is -0.000626. The van der Waals surface area contributed by atoms with Crippen molar-refractivity contribution in [3.63, 3.8) is 0 Å². The Labute approximate surface area is 195 Å². The highest BCUT2D eigenvalue weighted by Gasteiger charge is 2.30. The van der Waals surface area contributed by atoms with Crippen molar-refractivity contribution >= 4 is 17.2 Å². The number of thiophene rings is 1. The predicted octanol–water partition coefficient (Wildman–Crippen LogP) is 4.56. The fourth-order valence-electron chi connectivity index (χ4n) is 3.20. The van der Waals surface area contributed by atoms with E-state index < -0.39 is 11.7 Å². The largest absolute Gasteiger partial charge is 0.447 e. The summed E-state index contributed by atoms with van der Waals surface area (Å²) in [4.78, 5) is 21.6. The van der Waals surface area contributed by atoms with Gasteiger partial charge in [0, 0.05) is 31.1 Å². The first-order valence-electron chi connectivity index (χ1n) is 10.4. The normalized spacial score (nSPS) is 12.0. The molecule has 0 saturated heterocycles. The van der Waals surface area contributed by atoms with Gasteiger partial charge in [-0.1, -0.05) is 18.2 Å². The lowest BCUT2D eigenvalue weighted by Crippen LogP contribution is -2.31. The average molecular weight is 481 g/mol. The van der Waals surface area contributed by atoms with Crippen LogP contribution in [0.1, 0.15) is 37.9 Å². The van der Waals surface area contributed by atoms with Gasteiger partial charge in [-0.3, -0.25) is 9.69 Å². The molecule has 0 atom stereocenters. The van der Waals surface area contributed by atoms with Crippen molar-refractivity contribution in [1.82, 2.24) is 20.1 Å². The van der Waals surface area contributed by atoms with E-state index in [2.05, 4.69) is 10.3 Å². The number of rotatable bonds is 10. The fraction of sp³-hybridized carbons (Fsp3) is 0.391. The molecule has 0 unspecified atom stereocenters. The molecule has 2 aromatic heterocycles. The Morgan fingerprint density at radius 3 is 2.64 bits per heavy atom. The Kier molecular flexibility index (Phi) is 8.28. The van der Waals surface area contributed by atoms with Gasteiger partial charge in [0.1, 0.15) is 6.26 Å². The molecule has 10 heteroatoms. The van der Waals surface area contributed by atoms with Gasteiger partial charge in [0.15, 0.2) is 5.69 Å². The minimum absolute atomic E-state index is 0.176. The molecule has 0 bridgehead atoms. The van der Waals surface area contributed by atoms with Crippen molar-refractivity contribution in [3.05, 3.63) is 75.1 Å². The second-order valence-corrected chi connectivity index (χ2v) is 9.06. The van der Waals surface area contributed by atoms with Crippen molar-refractivity contribution in [2.45, 2.75) is 32.7 Å². The number of amides is 1. The van der Waals surface area contributed by atoms with Crippen LogP contribution in [0.5, 0.6) is 0 Å². The summed E-state index contributed by atoms with van der Waals surface area (Å²) in [7, 11) is 3.82. The lowest BCUT2D eigenvalue weighted by molar-refractivity contribution is -0.137. The Morgan fingerprint density at radius 1 is 1.18 bits per heavy atom. The molecule has 0 aliphatic carbocycles. The monoisotopic (exact) mass is 480 g/mol. The summed E-state index contributed by atoms with van der Waals surface area (Å²) in [6.45, 7) is 4.21. The molecular formula is C23H27F3N4O2S. The summed E-state index contributed by atoms with van der Waals surface area (Å²) < 4.78 is 44.9. The molecule has 178 valence electrons. The van der Waals surface area contributed by atoms with E-state index in [0.29, 0.717) is 31.1 Å². The number of aryl methyl sites for hydroxylation is 1. The van der Waals surface area contributed by atoms with Crippen molar-refractivity contribution in [3.8, 4) is 0 Å². The van der Waals surface area contributed by atoms with Crippen molar-refractivity contribution in [1.29, 1.82) is 0 Å². The summed E-state index contributed by atoms with van der Waals surface area (Å²) in [5, 5.41) is 4.76. The van der Waals surface area contributed by atoms with Gasteiger partial charge in [0.25, 0.3) is 5.91 Å². The maximum atomic E-state index is 13.1. The topological polar surface area (TPSA) is 61.6 Å². The second-order valence-electron chi connectivity index (χ2n) is 8.06. The number of nitrogens with zero attached hydrogens (tertiary/aromatic N) is 3. The van der Waals surface area contributed by atoms with Crippen LogP contribution >= 0.6 is 11.3 Å². The highest BCUT2D eigenvalue weighted by molar-refractivity contribution is 7.10. The molecule has 1 N–H and O–H groups in total. The number of carbonyl (C=O) groups excluding carboxylic acids is 1. The van der Waals surface area contributed by atoms with Crippen LogP contribution in [0.4, 0.5) is 13.2 Å². The number of benzene rings is 1. The molecule has 0 saturated carbocycles. The molecule has 6 nitrogen and oxygen atoms in total. The lowest BCUT2D eigenvalue weighted by Gasteiger charge is -2.21. The third-order valence-corrected chi connectivity index (χ3v) is 5.99. The first kappa shape index (κ1) is 24.9. The van der Waals surface area contributed by atoms with Crippen molar-refractivity contribution in [2.75, 3.05) is 27.2 Å². The van der Waals surface area contributed by atoms with E-state index in [0.717, 1.165) is 22.6 Å². The molecule has 3 aromatic rings. The fourth-order valence-corrected chi connectivity index (χ4v) is 4.15. The number of oxazole rings is 1. The van der Waals surface area contributed by atoms with E-state index in [9.17, 15) is 18.0 Å². The van der Waals surface area contributed by atoms with Gasteiger partial charge in [-0.25, -0.2) is 4.98 Å². The number of alkyl halides is 3. The molecule has 0 aliphatic rings. The zero-order valence-electron chi connectivity index (χ0n) is 18.8. The SMILES string of the molecule is Cc1ccsc1CN(Cc1cccc(C(F)(F)F)c1)Cc1nc(C(=O)NCCN(C)C)co1. The van der Waals surface area contributed by atoms with Crippen molar-refractivity contribution < 1.29 is 22.4 Å². The third-order valence-electron chi connectivity index (χ3n) is 4.98. The third kappa shape index (κ3) is 7.41. The summed E-state index contributed by atoms with van der Waals surface area (Å²) >= 11 is 1.59. The maximum absolute atomic E-state index is 13.1. The Balaban J connectivity index is 1.74. The number of hydrogen-bond donors (Lipinski definition) is 1.